The molecule has 0 radical (unpaired) electrons. The molecule has 2 fully saturated rings. The maximum Gasteiger partial charge on any atom is 0.213 e. The summed E-state index contributed by atoms with van der Waals surface area (Å²) in [5.41, 5.74) is 2.46. The van der Waals surface area contributed by atoms with Gasteiger partial charge in [-0.3, -0.25) is 9.89 Å². The first-order chi connectivity index (χ1) is 14.3. The first kappa shape index (κ1) is 22.8. The molecule has 0 bridgehead atoms. The van der Waals surface area contributed by atoms with Gasteiger partial charge in [-0.2, -0.15) is 0 Å². The average molecular weight is 523 g/mol. The standard InChI is InChI=1S/C22H29N5O2.HI/c1-23-22(25-13-18-8-9-24-21(12-18)28-2)27-15-19-20(16-27)29-11-10-26(19)14-17-6-4-3-5-7-17;/h3-9,12,19-20H,10-11,13-16H2,1-2H3,(H,23,25);1H. The highest BCUT2D eigenvalue weighted by Gasteiger charge is 2.41. The minimum absolute atomic E-state index is 0. The van der Waals surface area contributed by atoms with E-state index in [1.54, 1.807) is 13.3 Å². The summed E-state index contributed by atoms with van der Waals surface area (Å²) in [6.07, 6.45) is 1.98. The van der Waals surface area contributed by atoms with Crippen molar-refractivity contribution in [3.8, 4) is 5.88 Å². The largest absolute Gasteiger partial charge is 0.481 e. The molecule has 2 aromatic rings. The van der Waals surface area contributed by atoms with Crippen molar-refractivity contribution in [2.24, 2.45) is 4.99 Å². The van der Waals surface area contributed by atoms with Crippen molar-refractivity contribution in [3.63, 3.8) is 0 Å². The van der Waals surface area contributed by atoms with Crippen LogP contribution >= 0.6 is 24.0 Å². The Bertz CT molecular complexity index is 835. The number of ether oxygens (including phenoxy) is 2. The number of hydrogen-bond donors (Lipinski definition) is 1. The fraction of sp³-hybridized carbons (Fsp3) is 0.455. The first-order valence-electron chi connectivity index (χ1n) is 10.1. The minimum Gasteiger partial charge on any atom is -0.481 e. The lowest BCUT2D eigenvalue weighted by Gasteiger charge is -2.36. The molecule has 7 nitrogen and oxygen atoms in total. The van der Waals surface area contributed by atoms with Crippen LogP contribution in [0, 0.1) is 0 Å². The van der Waals surface area contributed by atoms with Crippen molar-refractivity contribution in [3.05, 3.63) is 59.8 Å². The number of aliphatic imine (C=N–C) groups is 1. The van der Waals surface area contributed by atoms with Crippen LogP contribution in [0.5, 0.6) is 5.88 Å². The van der Waals surface area contributed by atoms with Crippen LogP contribution in [0.3, 0.4) is 0 Å². The fourth-order valence-corrected chi connectivity index (χ4v) is 4.13. The molecule has 2 atom stereocenters. The third-order valence-electron chi connectivity index (χ3n) is 5.62. The highest BCUT2D eigenvalue weighted by atomic mass is 127. The number of guanidine groups is 1. The Balaban J connectivity index is 0.00000256. The van der Waals surface area contributed by atoms with Crippen molar-refractivity contribution < 1.29 is 9.47 Å². The van der Waals surface area contributed by atoms with Crippen LogP contribution in [-0.4, -0.2) is 73.3 Å². The zero-order valence-electron chi connectivity index (χ0n) is 17.5. The van der Waals surface area contributed by atoms with E-state index in [0.29, 0.717) is 18.5 Å². The molecule has 162 valence electrons. The lowest BCUT2D eigenvalue weighted by Crippen LogP contribution is -2.50. The van der Waals surface area contributed by atoms with Crippen molar-refractivity contribution in [1.82, 2.24) is 20.1 Å². The number of nitrogens with one attached hydrogen (secondary N) is 1. The van der Waals surface area contributed by atoms with Gasteiger partial charge in [-0.25, -0.2) is 4.98 Å². The molecule has 8 heteroatoms. The van der Waals surface area contributed by atoms with E-state index in [9.17, 15) is 0 Å². The van der Waals surface area contributed by atoms with E-state index < -0.39 is 0 Å². The number of likely N-dealkylation sites (tertiary alicyclic amines) is 1. The molecule has 1 N–H and O–H groups in total. The van der Waals surface area contributed by atoms with E-state index in [1.807, 2.05) is 19.2 Å². The number of benzene rings is 1. The zero-order chi connectivity index (χ0) is 20.1. The number of morpholine rings is 1. The number of halogens is 1. The van der Waals surface area contributed by atoms with Crippen LogP contribution in [0.15, 0.2) is 53.7 Å². The Morgan fingerprint density at radius 2 is 2.07 bits per heavy atom. The highest BCUT2D eigenvalue weighted by molar-refractivity contribution is 14.0. The topological polar surface area (TPSA) is 62.2 Å². The number of pyridine rings is 1. The lowest BCUT2D eigenvalue weighted by atomic mass is 10.1. The van der Waals surface area contributed by atoms with Gasteiger partial charge in [-0.05, 0) is 17.2 Å². The molecular weight excluding hydrogens is 493 g/mol. The third-order valence-corrected chi connectivity index (χ3v) is 5.62. The molecule has 1 aromatic carbocycles. The third kappa shape index (κ3) is 5.41. The number of hydrogen-bond acceptors (Lipinski definition) is 5. The van der Waals surface area contributed by atoms with Gasteiger partial charge in [0, 0.05) is 52.0 Å². The molecule has 2 aliphatic rings. The summed E-state index contributed by atoms with van der Waals surface area (Å²) >= 11 is 0. The van der Waals surface area contributed by atoms with Gasteiger partial charge >= 0.3 is 0 Å². The maximum atomic E-state index is 6.10. The van der Waals surface area contributed by atoms with E-state index in [1.165, 1.54) is 5.56 Å². The number of nitrogens with zero attached hydrogens (tertiary/aromatic N) is 4. The summed E-state index contributed by atoms with van der Waals surface area (Å²) in [6.45, 7) is 5.15. The maximum absolute atomic E-state index is 6.10. The quantitative estimate of drug-likeness (QED) is 0.369. The van der Waals surface area contributed by atoms with Gasteiger partial charge in [0.2, 0.25) is 5.88 Å². The summed E-state index contributed by atoms with van der Waals surface area (Å²) in [7, 11) is 3.46. The van der Waals surface area contributed by atoms with Crippen molar-refractivity contribution in [1.29, 1.82) is 0 Å². The SMILES string of the molecule is CN=C(NCc1ccnc(OC)c1)N1CC2OCCN(Cc3ccccc3)C2C1.I. The Morgan fingerprint density at radius 3 is 2.83 bits per heavy atom. The van der Waals surface area contributed by atoms with Crippen LogP contribution in [0.4, 0.5) is 0 Å². The number of fused-ring (bicyclic) bond motifs is 1. The van der Waals surface area contributed by atoms with Gasteiger partial charge < -0.3 is 19.7 Å². The molecule has 2 aliphatic heterocycles. The second-order valence-electron chi connectivity index (χ2n) is 7.44. The average Bonchev–Trinajstić information content (AvgIpc) is 3.20. The summed E-state index contributed by atoms with van der Waals surface area (Å²) in [5, 5.41) is 3.47. The Morgan fingerprint density at radius 1 is 1.23 bits per heavy atom. The Hall–Kier alpha value is -1.91. The molecule has 1 aromatic heterocycles. The van der Waals surface area contributed by atoms with Crippen molar-refractivity contribution >= 4 is 29.9 Å². The summed E-state index contributed by atoms with van der Waals surface area (Å²) in [6, 6.07) is 15.0. The van der Waals surface area contributed by atoms with Crippen LogP contribution in [0.25, 0.3) is 0 Å². The Kier molecular flexibility index (Phi) is 8.29. The predicted octanol–water partition coefficient (Wildman–Crippen LogP) is 2.37. The lowest BCUT2D eigenvalue weighted by molar-refractivity contribution is -0.0502. The summed E-state index contributed by atoms with van der Waals surface area (Å²) in [4.78, 5) is 13.5. The minimum atomic E-state index is 0. The number of rotatable bonds is 5. The van der Waals surface area contributed by atoms with E-state index in [4.69, 9.17) is 9.47 Å². The molecule has 0 amide bonds. The Labute approximate surface area is 195 Å². The molecule has 2 saturated heterocycles. The van der Waals surface area contributed by atoms with Gasteiger partial charge in [-0.1, -0.05) is 30.3 Å². The molecule has 0 saturated carbocycles. The van der Waals surface area contributed by atoms with Crippen LogP contribution in [-0.2, 0) is 17.8 Å². The molecule has 2 unspecified atom stereocenters. The van der Waals surface area contributed by atoms with E-state index in [0.717, 1.165) is 44.3 Å². The molecule has 0 aliphatic carbocycles. The fourth-order valence-electron chi connectivity index (χ4n) is 4.13. The van der Waals surface area contributed by atoms with Crippen LogP contribution in [0.2, 0.25) is 0 Å². The van der Waals surface area contributed by atoms with Crippen molar-refractivity contribution in [2.75, 3.05) is 40.4 Å². The number of aromatic nitrogens is 1. The molecule has 30 heavy (non-hydrogen) atoms. The highest BCUT2D eigenvalue weighted by Crippen LogP contribution is 2.24. The van der Waals surface area contributed by atoms with E-state index in [-0.39, 0.29) is 30.1 Å². The van der Waals surface area contributed by atoms with Gasteiger partial charge in [-0.15, -0.1) is 24.0 Å². The zero-order valence-corrected chi connectivity index (χ0v) is 19.9. The normalized spacial score (nSPS) is 21.7. The first-order valence-corrected chi connectivity index (χ1v) is 10.1. The monoisotopic (exact) mass is 523 g/mol. The van der Waals surface area contributed by atoms with E-state index >= 15 is 0 Å². The van der Waals surface area contributed by atoms with Gasteiger partial charge in [0.1, 0.15) is 0 Å². The molecule has 4 rings (SSSR count). The second kappa shape index (κ2) is 10.9. The summed E-state index contributed by atoms with van der Waals surface area (Å²) < 4.78 is 11.3. The molecular formula is C22H30IN5O2. The van der Waals surface area contributed by atoms with Gasteiger partial charge in [0.05, 0.1) is 25.9 Å². The van der Waals surface area contributed by atoms with Gasteiger partial charge in [0.25, 0.3) is 0 Å². The smallest absolute Gasteiger partial charge is 0.213 e. The van der Waals surface area contributed by atoms with Crippen LogP contribution in [0.1, 0.15) is 11.1 Å². The summed E-state index contributed by atoms with van der Waals surface area (Å²) in [5.74, 6) is 1.52. The predicted molar refractivity (Wildman–Crippen MR) is 128 cm³/mol. The van der Waals surface area contributed by atoms with Crippen LogP contribution < -0.4 is 10.1 Å². The number of methoxy groups -OCH3 is 1. The van der Waals surface area contributed by atoms with Crippen molar-refractivity contribution in [2.45, 2.75) is 25.2 Å². The second-order valence-corrected chi connectivity index (χ2v) is 7.44. The van der Waals surface area contributed by atoms with Gasteiger partial charge in [0.15, 0.2) is 5.96 Å². The molecule has 3 heterocycles. The van der Waals surface area contributed by atoms with E-state index in [2.05, 4.69) is 55.4 Å². The molecule has 0 spiro atoms.